The van der Waals surface area contributed by atoms with Crippen LogP contribution in [-0.2, 0) is 20.4 Å². The SMILES string of the molecule is COc1ccccc1N1C(=O)[C@@H]2[C@@H](C1=O)C1(C)c3ccccc3C2(C)c2ccccc21. The van der Waals surface area contributed by atoms with E-state index in [-0.39, 0.29) is 11.8 Å². The van der Waals surface area contributed by atoms with Crippen LogP contribution in [0, 0.1) is 11.8 Å². The summed E-state index contributed by atoms with van der Waals surface area (Å²) < 4.78 is 5.50. The van der Waals surface area contributed by atoms with Gasteiger partial charge >= 0.3 is 0 Å². The van der Waals surface area contributed by atoms with Gasteiger partial charge in [0.05, 0.1) is 24.6 Å². The summed E-state index contributed by atoms with van der Waals surface area (Å²) in [5.41, 5.74) is 3.99. The molecule has 2 atom stereocenters. The van der Waals surface area contributed by atoms with Crippen molar-refractivity contribution in [2.75, 3.05) is 12.0 Å². The quantitative estimate of drug-likeness (QED) is 0.588. The predicted molar refractivity (Wildman–Crippen MR) is 118 cm³/mol. The normalized spacial score (nSPS) is 30.1. The van der Waals surface area contributed by atoms with E-state index >= 15 is 0 Å². The van der Waals surface area contributed by atoms with Crippen molar-refractivity contribution in [3.05, 3.63) is 95.1 Å². The number of para-hydroxylation sites is 2. The summed E-state index contributed by atoms with van der Waals surface area (Å²) in [6.45, 7) is 4.27. The number of methoxy groups -OCH3 is 1. The summed E-state index contributed by atoms with van der Waals surface area (Å²) in [4.78, 5) is 29.4. The molecule has 0 saturated carbocycles. The predicted octanol–water partition coefficient (Wildman–Crippen LogP) is 4.44. The second kappa shape index (κ2) is 5.85. The molecular weight excluding hydrogens is 386 g/mol. The number of carbonyl (C=O) groups is 2. The minimum absolute atomic E-state index is 0.141. The van der Waals surface area contributed by atoms with Gasteiger partial charge in [-0.2, -0.15) is 0 Å². The maximum atomic E-state index is 14.0. The van der Waals surface area contributed by atoms with Gasteiger partial charge in [0.25, 0.3) is 0 Å². The monoisotopic (exact) mass is 409 g/mol. The molecule has 3 aromatic carbocycles. The molecule has 1 heterocycles. The van der Waals surface area contributed by atoms with E-state index < -0.39 is 22.7 Å². The van der Waals surface area contributed by atoms with Crippen molar-refractivity contribution in [3.63, 3.8) is 0 Å². The van der Waals surface area contributed by atoms with Crippen LogP contribution in [0.1, 0.15) is 36.1 Å². The Morgan fingerprint density at radius 2 is 1.06 bits per heavy atom. The van der Waals surface area contributed by atoms with Crippen LogP contribution in [0.4, 0.5) is 5.69 Å². The molecule has 31 heavy (non-hydrogen) atoms. The van der Waals surface area contributed by atoms with Gasteiger partial charge in [0.2, 0.25) is 11.8 Å². The fraction of sp³-hybridized carbons (Fsp3) is 0.259. The maximum absolute atomic E-state index is 14.0. The molecule has 3 aliphatic carbocycles. The number of nitrogens with zero attached hydrogens (tertiary/aromatic N) is 1. The molecule has 0 spiro atoms. The van der Waals surface area contributed by atoms with Crippen LogP contribution in [0.15, 0.2) is 72.8 Å². The van der Waals surface area contributed by atoms with Gasteiger partial charge in [0.15, 0.2) is 0 Å². The van der Waals surface area contributed by atoms with Gasteiger partial charge in [-0.05, 0) is 34.4 Å². The maximum Gasteiger partial charge on any atom is 0.239 e. The number of carbonyl (C=O) groups excluding carboxylic acids is 2. The lowest BCUT2D eigenvalue weighted by molar-refractivity contribution is -0.124. The average Bonchev–Trinajstić information content (AvgIpc) is 3.08. The number of imide groups is 1. The van der Waals surface area contributed by atoms with Crippen LogP contribution in [-0.4, -0.2) is 18.9 Å². The first-order valence-electron chi connectivity index (χ1n) is 10.7. The smallest absolute Gasteiger partial charge is 0.239 e. The lowest BCUT2D eigenvalue weighted by atomic mass is 9.42. The van der Waals surface area contributed by atoms with Crippen molar-refractivity contribution in [2.45, 2.75) is 24.7 Å². The molecule has 1 aliphatic heterocycles. The summed E-state index contributed by atoms with van der Waals surface area (Å²) >= 11 is 0. The first-order chi connectivity index (χ1) is 15.0. The molecule has 4 nitrogen and oxygen atoms in total. The molecule has 0 unspecified atom stereocenters. The Hall–Kier alpha value is -3.40. The zero-order chi connectivity index (χ0) is 21.5. The highest BCUT2D eigenvalue weighted by atomic mass is 16.5. The summed E-state index contributed by atoms with van der Waals surface area (Å²) in [6, 6.07) is 23.9. The Labute approximate surface area is 181 Å². The molecule has 7 rings (SSSR count). The summed E-state index contributed by atoms with van der Waals surface area (Å²) in [6.07, 6.45) is 0. The Morgan fingerprint density at radius 3 is 1.48 bits per heavy atom. The van der Waals surface area contributed by atoms with Crippen LogP contribution < -0.4 is 9.64 Å². The van der Waals surface area contributed by atoms with Crippen LogP contribution in [0.3, 0.4) is 0 Å². The molecule has 3 aromatic rings. The van der Waals surface area contributed by atoms with E-state index in [1.807, 2.05) is 36.4 Å². The van der Waals surface area contributed by atoms with Gasteiger partial charge in [-0.3, -0.25) is 9.59 Å². The molecule has 2 bridgehead atoms. The van der Waals surface area contributed by atoms with Crippen LogP contribution in [0.25, 0.3) is 0 Å². The van der Waals surface area contributed by atoms with Crippen molar-refractivity contribution in [3.8, 4) is 5.75 Å². The molecule has 0 N–H and O–H groups in total. The largest absolute Gasteiger partial charge is 0.495 e. The lowest BCUT2D eigenvalue weighted by Gasteiger charge is -2.57. The highest BCUT2D eigenvalue weighted by Crippen LogP contribution is 2.66. The first kappa shape index (κ1) is 18.4. The van der Waals surface area contributed by atoms with Crippen molar-refractivity contribution in [1.82, 2.24) is 0 Å². The fourth-order valence-corrected chi connectivity index (χ4v) is 6.62. The summed E-state index contributed by atoms with van der Waals surface area (Å²) in [5, 5.41) is 0. The Kier molecular flexibility index (Phi) is 3.47. The number of ether oxygens (including phenoxy) is 1. The van der Waals surface area contributed by atoms with E-state index in [2.05, 4.69) is 38.1 Å². The highest BCUT2D eigenvalue weighted by Gasteiger charge is 2.70. The Morgan fingerprint density at radius 1 is 0.677 bits per heavy atom. The molecule has 4 aliphatic rings. The number of hydrogen-bond acceptors (Lipinski definition) is 3. The zero-order valence-corrected chi connectivity index (χ0v) is 17.8. The standard InChI is InChI=1S/C27H23NO3/c1-26-16-10-4-6-12-18(16)27(2,19-13-7-5-11-17(19)26)23-22(26)24(29)28(25(23)30)20-14-8-9-15-21(20)31-3/h4-15,22-23H,1-3H3/t22-,23-,26?,27?/m0/s1. The Balaban J connectivity index is 1.66. The third-order valence-corrected chi connectivity index (χ3v) is 7.97. The number of rotatable bonds is 2. The average molecular weight is 409 g/mol. The Bertz CT molecular complexity index is 1160. The number of anilines is 1. The molecule has 0 radical (unpaired) electrons. The van der Waals surface area contributed by atoms with Crippen LogP contribution in [0.5, 0.6) is 5.75 Å². The van der Waals surface area contributed by atoms with E-state index in [1.54, 1.807) is 19.2 Å². The van der Waals surface area contributed by atoms with Crippen LogP contribution >= 0.6 is 0 Å². The number of hydrogen-bond donors (Lipinski definition) is 0. The van der Waals surface area contributed by atoms with Crippen LogP contribution in [0.2, 0.25) is 0 Å². The van der Waals surface area contributed by atoms with E-state index in [4.69, 9.17) is 4.74 Å². The molecule has 2 amide bonds. The highest BCUT2D eigenvalue weighted by molar-refractivity contribution is 6.24. The first-order valence-corrected chi connectivity index (χ1v) is 10.7. The van der Waals surface area contributed by atoms with Crippen molar-refractivity contribution >= 4 is 17.5 Å². The minimum Gasteiger partial charge on any atom is -0.495 e. The van der Waals surface area contributed by atoms with E-state index in [1.165, 1.54) is 4.90 Å². The van der Waals surface area contributed by atoms with Crippen molar-refractivity contribution < 1.29 is 14.3 Å². The third kappa shape index (κ3) is 1.92. The molecule has 1 saturated heterocycles. The lowest BCUT2D eigenvalue weighted by Crippen LogP contribution is -2.59. The molecular formula is C27H23NO3. The summed E-state index contributed by atoms with van der Waals surface area (Å²) in [5.74, 6) is -0.672. The molecule has 154 valence electrons. The fourth-order valence-electron chi connectivity index (χ4n) is 6.62. The van der Waals surface area contributed by atoms with Gasteiger partial charge in [-0.1, -0.05) is 74.5 Å². The van der Waals surface area contributed by atoms with Crippen molar-refractivity contribution in [1.29, 1.82) is 0 Å². The van der Waals surface area contributed by atoms with Gasteiger partial charge in [0.1, 0.15) is 5.75 Å². The van der Waals surface area contributed by atoms with Gasteiger partial charge in [-0.25, -0.2) is 4.90 Å². The van der Waals surface area contributed by atoms with E-state index in [0.717, 1.165) is 22.3 Å². The topological polar surface area (TPSA) is 46.6 Å². The van der Waals surface area contributed by atoms with Crippen molar-refractivity contribution in [2.24, 2.45) is 11.8 Å². The molecule has 4 heteroatoms. The molecule has 1 fully saturated rings. The third-order valence-electron chi connectivity index (χ3n) is 7.97. The second-order valence-electron chi connectivity index (χ2n) is 9.13. The van der Waals surface area contributed by atoms with E-state index in [0.29, 0.717) is 11.4 Å². The van der Waals surface area contributed by atoms with Gasteiger partial charge in [0, 0.05) is 10.8 Å². The number of benzene rings is 3. The van der Waals surface area contributed by atoms with Gasteiger partial charge < -0.3 is 4.74 Å². The second-order valence-corrected chi connectivity index (χ2v) is 9.13. The van der Waals surface area contributed by atoms with Gasteiger partial charge in [-0.15, -0.1) is 0 Å². The minimum atomic E-state index is -0.570. The number of amides is 2. The van der Waals surface area contributed by atoms with E-state index in [9.17, 15) is 9.59 Å². The molecule has 0 aromatic heterocycles. The summed E-state index contributed by atoms with van der Waals surface area (Å²) in [7, 11) is 1.56. The zero-order valence-electron chi connectivity index (χ0n) is 17.8.